The van der Waals surface area contributed by atoms with Crippen molar-refractivity contribution in [2.45, 2.75) is 19.5 Å². The normalized spacial score (nSPS) is 15.0. The number of nitrogens with zero attached hydrogens (tertiary/aromatic N) is 1. The average Bonchev–Trinajstić information content (AvgIpc) is 2.77. The lowest BCUT2D eigenvalue weighted by Gasteiger charge is -2.28. The van der Waals surface area contributed by atoms with Gasteiger partial charge in [0.25, 0.3) is 0 Å². The summed E-state index contributed by atoms with van der Waals surface area (Å²) >= 11 is 0. The molecule has 4 rings (SSSR count). The maximum atomic E-state index is 14.0. The molecule has 0 saturated heterocycles. The molecule has 1 heterocycles. The molecule has 1 aliphatic heterocycles. The molecule has 0 aromatic heterocycles. The first-order chi connectivity index (χ1) is 14.1. The smallest absolute Gasteiger partial charge is 0.338 e. The minimum Gasteiger partial charge on any atom is -0.460 e. The molecule has 0 bridgehead atoms. The second kappa shape index (κ2) is 8.13. The van der Waals surface area contributed by atoms with E-state index in [0.29, 0.717) is 22.4 Å². The van der Waals surface area contributed by atoms with Crippen LogP contribution in [0.3, 0.4) is 0 Å². The van der Waals surface area contributed by atoms with Crippen molar-refractivity contribution in [1.82, 2.24) is 0 Å². The van der Waals surface area contributed by atoms with Gasteiger partial charge in [0.2, 0.25) is 6.29 Å². The summed E-state index contributed by atoms with van der Waals surface area (Å²) in [6.45, 7) is 0.00896. The Morgan fingerprint density at radius 1 is 1.14 bits per heavy atom. The number of carbonyl (C=O) groups is 1. The van der Waals surface area contributed by atoms with Gasteiger partial charge in [-0.3, -0.25) is 0 Å². The van der Waals surface area contributed by atoms with Gasteiger partial charge in [0, 0.05) is 16.7 Å². The van der Waals surface area contributed by atoms with E-state index in [4.69, 9.17) is 19.5 Å². The molecule has 0 radical (unpaired) electrons. The Labute approximate surface area is 166 Å². The van der Waals surface area contributed by atoms with Crippen LogP contribution in [0.15, 0.2) is 66.7 Å². The van der Waals surface area contributed by atoms with E-state index in [1.54, 1.807) is 18.2 Å². The Kier molecular flexibility index (Phi) is 5.23. The van der Waals surface area contributed by atoms with Gasteiger partial charge in [-0.05, 0) is 30.3 Å². The predicted octanol–water partition coefficient (Wildman–Crippen LogP) is 4.66. The number of nitriles is 1. The van der Waals surface area contributed by atoms with Crippen molar-refractivity contribution in [3.8, 4) is 11.8 Å². The summed E-state index contributed by atoms with van der Waals surface area (Å²) in [4.78, 5) is 12.3. The number of rotatable bonds is 4. The van der Waals surface area contributed by atoms with Gasteiger partial charge in [0.1, 0.15) is 18.2 Å². The topological polar surface area (TPSA) is 68.6 Å². The highest BCUT2D eigenvalue weighted by Crippen LogP contribution is 2.36. The standard InChI is InChI=1S/C23H16FNO4/c24-20-10-18(13-27-22(26)17-8-4-5-15(9-17)12-25)21-19(11-20)14-28-23(29-21)16-6-2-1-3-7-16/h1-11,23H,13-14H2/t23-/m1/s1. The van der Waals surface area contributed by atoms with Crippen LogP contribution in [0, 0.1) is 17.1 Å². The lowest BCUT2D eigenvalue weighted by atomic mass is 10.1. The molecule has 0 unspecified atom stereocenters. The molecule has 1 aliphatic rings. The van der Waals surface area contributed by atoms with Crippen molar-refractivity contribution >= 4 is 5.97 Å². The average molecular weight is 389 g/mol. The second-order valence-electron chi connectivity index (χ2n) is 6.49. The largest absolute Gasteiger partial charge is 0.460 e. The van der Waals surface area contributed by atoms with Crippen molar-refractivity contribution in [1.29, 1.82) is 5.26 Å². The summed E-state index contributed by atoms with van der Waals surface area (Å²) in [6.07, 6.45) is -0.629. The number of carbonyl (C=O) groups excluding carboxylic acids is 1. The number of hydrogen-bond acceptors (Lipinski definition) is 5. The van der Waals surface area contributed by atoms with Crippen LogP contribution in [-0.4, -0.2) is 5.97 Å². The van der Waals surface area contributed by atoms with Gasteiger partial charge >= 0.3 is 5.97 Å². The van der Waals surface area contributed by atoms with Crippen LogP contribution >= 0.6 is 0 Å². The molecular weight excluding hydrogens is 373 g/mol. The Bertz CT molecular complexity index is 1090. The van der Waals surface area contributed by atoms with Crippen LogP contribution in [-0.2, 0) is 22.7 Å². The van der Waals surface area contributed by atoms with Gasteiger partial charge in [-0.25, -0.2) is 9.18 Å². The quantitative estimate of drug-likeness (QED) is 0.607. The molecule has 0 fully saturated rings. The molecule has 5 nitrogen and oxygen atoms in total. The summed E-state index contributed by atoms with van der Waals surface area (Å²) in [5.41, 5.74) is 2.40. The van der Waals surface area contributed by atoms with E-state index in [1.165, 1.54) is 18.2 Å². The molecule has 0 amide bonds. The zero-order valence-electron chi connectivity index (χ0n) is 15.3. The lowest BCUT2D eigenvalue weighted by Crippen LogP contribution is -2.20. The fraction of sp³-hybridized carbons (Fsp3) is 0.130. The van der Waals surface area contributed by atoms with E-state index in [2.05, 4.69) is 0 Å². The van der Waals surface area contributed by atoms with Crippen LogP contribution in [0.4, 0.5) is 4.39 Å². The highest BCUT2D eigenvalue weighted by atomic mass is 19.1. The molecule has 144 valence electrons. The fourth-order valence-electron chi connectivity index (χ4n) is 3.10. The number of hydrogen-bond donors (Lipinski definition) is 0. The third-order valence-electron chi connectivity index (χ3n) is 4.48. The van der Waals surface area contributed by atoms with Crippen molar-refractivity contribution < 1.29 is 23.4 Å². The van der Waals surface area contributed by atoms with Crippen LogP contribution in [0.25, 0.3) is 0 Å². The van der Waals surface area contributed by atoms with Gasteiger partial charge in [-0.2, -0.15) is 5.26 Å². The third kappa shape index (κ3) is 4.10. The molecule has 3 aromatic carbocycles. The minimum absolute atomic E-state index is 0.169. The highest BCUT2D eigenvalue weighted by molar-refractivity contribution is 5.89. The molecule has 29 heavy (non-hydrogen) atoms. The Morgan fingerprint density at radius 3 is 2.76 bits per heavy atom. The van der Waals surface area contributed by atoms with Crippen LogP contribution in [0.2, 0.25) is 0 Å². The van der Waals surface area contributed by atoms with Crippen LogP contribution in [0.5, 0.6) is 5.75 Å². The molecule has 0 spiro atoms. The number of halogens is 1. The van der Waals surface area contributed by atoms with Gasteiger partial charge < -0.3 is 14.2 Å². The monoisotopic (exact) mass is 389 g/mol. The van der Waals surface area contributed by atoms with Crippen LogP contribution < -0.4 is 4.74 Å². The predicted molar refractivity (Wildman–Crippen MR) is 101 cm³/mol. The van der Waals surface area contributed by atoms with E-state index < -0.39 is 18.1 Å². The molecule has 1 atom stereocenters. The minimum atomic E-state index is -0.629. The number of esters is 1. The zero-order chi connectivity index (χ0) is 20.2. The number of ether oxygens (including phenoxy) is 3. The maximum absolute atomic E-state index is 14.0. The van der Waals surface area contributed by atoms with Crippen molar-refractivity contribution in [3.63, 3.8) is 0 Å². The molecule has 3 aromatic rings. The zero-order valence-corrected chi connectivity index (χ0v) is 15.3. The lowest BCUT2D eigenvalue weighted by molar-refractivity contribution is -0.112. The van der Waals surface area contributed by atoms with Gasteiger partial charge in [-0.15, -0.1) is 0 Å². The van der Waals surface area contributed by atoms with Gasteiger partial charge in [0.05, 0.1) is 23.8 Å². The van der Waals surface area contributed by atoms with Gasteiger partial charge in [-0.1, -0.05) is 36.4 Å². The SMILES string of the molecule is N#Cc1cccc(C(=O)OCc2cc(F)cc3c2O[C@H](c2ccccc2)OC3)c1. The van der Waals surface area contributed by atoms with Crippen molar-refractivity contribution in [2.75, 3.05) is 0 Å². The Morgan fingerprint density at radius 2 is 1.97 bits per heavy atom. The molecule has 0 N–H and O–H groups in total. The first-order valence-electron chi connectivity index (χ1n) is 8.96. The van der Waals surface area contributed by atoms with E-state index in [9.17, 15) is 9.18 Å². The Balaban J connectivity index is 1.55. The number of benzene rings is 3. The summed E-state index contributed by atoms with van der Waals surface area (Å²) in [5.74, 6) is -0.622. The molecule has 0 saturated carbocycles. The Hall–Kier alpha value is -3.69. The van der Waals surface area contributed by atoms with E-state index >= 15 is 0 Å². The second-order valence-corrected chi connectivity index (χ2v) is 6.49. The van der Waals surface area contributed by atoms with Crippen LogP contribution in [0.1, 0.15) is 38.9 Å². The first kappa shape index (κ1) is 18.7. The third-order valence-corrected chi connectivity index (χ3v) is 4.48. The number of fused-ring (bicyclic) bond motifs is 1. The van der Waals surface area contributed by atoms with Gasteiger partial charge in [0.15, 0.2) is 0 Å². The summed E-state index contributed by atoms with van der Waals surface area (Å²) in [7, 11) is 0. The summed E-state index contributed by atoms with van der Waals surface area (Å²) in [5, 5.41) is 8.96. The van der Waals surface area contributed by atoms with Crippen molar-refractivity contribution in [3.05, 3.63) is 100 Å². The highest BCUT2D eigenvalue weighted by Gasteiger charge is 2.25. The summed E-state index contributed by atoms with van der Waals surface area (Å²) < 4.78 is 31.0. The first-order valence-corrected chi connectivity index (χ1v) is 8.96. The van der Waals surface area contributed by atoms with E-state index in [1.807, 2.05) is 36.4 Å². The maximum Gasteiger partial charge on any atom is 0.338 e. The van der Waals surface area contributed by atoms with E-state index in [-0.39, 0.29) is 18.8 Å². The molecule has 6 heteroatoms. The molecular formula is C23H16FNO4. The molecule has 0 aliphatic carbocycles. The van der Waals surface area contributed by atoms with Crippen molar-refractivity contribution in [2.24, 2.45) is 0 Å². The van der Waals surface area contributed by atoms with E-state index in [0.717, 1.165) is 5.56 Å². The fourth-order valence-corrected chi connectivity index (χ4v) is 3.10. The summed E-state index contributed by atoms with van der Waals surface area (Å²) in [6, 6.07) is 20.2.